The lowest BCUT2D eigenvalue weighted by molar-refractivity contribution is 0.0570. The second kappa shape index (κ2) is 9.46. The van der Waals surface area contributed by atoms with Crippen LogP contribution < -0.4 is 4.90 Å². The van der Waals surface area contributed by atoms with Crippen molar-refractivity contribution in [1.29, 1.82) is 0 Å². The van der Waals surface area contributed by atoms with E-state index in [0.717, 1.165) is 44.8 Å². The number of likely N-dealkylation sites (tertiary alicyclic amines) is 1. The van der Waals surface area contributed by atoms with Gasteiger partial charge in [-0.3, -0.25) is 9.78 Å². The van der Waals surface area contributed by atoms with Gasteiger partial charge in [0.25, 0.3) is 5.91 Å². The van der Waals surface area contributed by atoms with E-state index in [1.165, 1.54) is 5.56 Å². The van der Waals surface area contributed by atoms with E-state index < -0.39 is 0 Å². The van der Waals surface area contributed by atoms with Crippen LogP contribution in [-0.4, -0.2) is 54.1 Å². The molecule has 0 radical (unpaired) electrons. The van der Waals surface area contributed by atoms with Gasteiger partial charge in [-0.25, -0.2) is 4.98 Å². The summed E-state index contributed by atoms with van der Waals surface area (Å²) in [5.41, 5.74) is 1.84. The lowest BCUT2D eigenvalue weighted by Gasteiger charge is -2.32. The molecule has 1 fully saturated rings. The zero-order valence-corrected chi connectivity index (χ0v) is 16.2. The minimum absolute atomic E-state index is 0.0621. The fourth-order valence-corrected chi connectivity index (χ4v) is 3.57. The summed E-state index contributed by atoms with van der Waals surface area (Å²) in [6.45, 7) is 5.99. The molecule has 0 N–H and O–H groups in total. The number of rotatable bonds is 7. The molecule has 0 saturated carbocycles. The maximum Gasteiger partial charge on any atom is 0.255 e. The van der Waals surface area contributed by atoms with Crippen LogP contribution in [0.3, 0.4) is 0 Å². The summed E-state index contributed by atoms with van der Waals surface area (Å²) in [6.07, 6.45) is 7.45. The van der Waals surface area contributed by atoms with Crippen molar-refractivity contribution in [2.24, 2.45) is 5.92 Å². The number of amides is 1. The smallest absolute Gasteiger partial charge is 0.255 e. The first kappa shape index (κ1) is 19.3. The number of ether oxygens (including phenoxy) is 1. The lowest BCUT2D eigenvalue weighted by Crippen LogP contribution is -2.41. The van der Waals surface area contributed by atoms with Crippen molar-refractivity contribution < 1.29 is 9.53 Å². The Morgan fingerprint density at radius 2 is 2.11 bits per heavy atom. The standard InChI is InChI=1S/C21H28N4O2/c1-3-24(14-17-8-10-22-11-9-17)20-7-6-19(13-23-20)21(26)25-12-4-5-18(15-25)16-27-2/h6-11,13,18H,3-5,12,14-16H2,1-2H3/t18-/m0/s1. The van der Waals surface area contributed by atoms with E-state index >= 15 is 0 Å². The number of carbonyl (C=O) groups is 1. The molecule has 2 aromatic heterocycles. The summed E-state index contributed by atoms with van der Waals surface area (Å²) in [5.74, 6) is 1.37. The molecule has 0 bridgehead atoms. The fraction of sp³-hybridized carbons (Fsp3) is 0.476. The number of aromatic nitrogens is 2. The number of pyridine rings is 2. The van der Waals surface area contributed by atoms with Crippen LogP contribution in [0.25, 0.3) is 0 Å². The Morgan fingerprint density at radius 1 is 1.30 bits per heavy atom. The highest BCUT2D eigenvalue weighted by Gasteiger charge is 2.24. The van der Waals surface area contributed by atoms with Gasteiger partial charge in [0.05, 0.1) is 12.2 Å². The number of piperidine rings is 1. The Bertz CT molecular complexity index is 719. The van der Waals surface area contributed by atoms with Crippen LogP contribution >= 0.6 is 0 Å². The zero-order chi connectivity index (χ0) is 19.1. The van der Waals surface area contributed by atoms with Crippen molar-refractivity contribution in [3.05, 3.63) is 54.0 Å². The van der Waals surface area contributed by atoms with Gasteiger partial charge in [0, 0.05) is 51.9 Å². The van der Waals surface area contributed by atoms with Gasteiger partial charge in [-0.15, -0.1) is 0 Å². The average molecular weight is 368 g/mol. The topological polar surface area (TPSA) is 58.6 Å². The third-order valence-electron chi connectivity index (χ3n) is 5.03. The van der Waals surface area contributed by atoms with Gasteiger partial charge in [-0.05, 0) is 55.5 Å². The summed E-state index contributed by atoms with van der Waals surface area (Å²) < 4.78 is 5.26. The van der Waals surface area contributed by atoms with E-state index in [9.17, 15) is 4.79 Å². The normalized spacial score (nSPS) is 17.0. The van der Waals surface area contributed by atoms with E-state index in [2.05, 4.69) is 21.8 Å². The Hall–Kier alpha value is -2.47. The van der Waals surface area contributed by atoms with Crippen LogP contribution in [0, 0.1) is 5.92 Å². The summed E-state index contributed by atoms with van der Waals surface area (Å²) >= 11 is 0. The van der Waals surface area contributed by atoms with Crippen molar-refractivity contribution in [3.8, 4) is 0 Å². The quantitative estimate of drug-likeness (QED) is 0.752. The van der Waals surface area contributed by atoms with Crippen molar-refractivity contribution in [3.63, 3.8) is 0 Å². The molecule has 3 heterocycles. The van der Waals surface area contributed by atoms with E-state index in [1.54, 1.807) is 25.7 Å². The van der Waals surface area contributed by atoms with E-state index in [-0.39, 0.29) is 5.91 Å². The maximum atomic E-state index is 12.8. The lowest BCUT2D eigenvalue weighted by atomic mass is 9.98. The Balaban J connectivity index is 1.66. The summed E-state index contributed by atoms with van der Waals surface area (Å²) in [7, 11) is 1.72. The molecule has 6 nitrogen and oxygen atoms in total. The molecule has 0 spiro atoms. The van der Waals surface area contributed by atoms with Gasteiger partial charge in [0.2, 0.25) is 0 Å². The second-order valence-corrected chi connectivity index (χ2v) is 6.99. The van der Waals surface area contributed by atoms with Crippen molar-refractivity contribution in [2.75, 3.05) is 38.3 Å². The molecule has 1 atom stereocenters. The molecular weight excluding hydrogens is 340 g/mol. The maximum absolute atomic E-state index is 12.8. The van der Waals surface area contributed by atoms with Crippen LogP contribution in [-0.2, 0) is 11.3 Å². The molecule has 1 aliphatic heterocycles. The monoisotopic (exact) mass is 368 g/mol. The predicted octanol–water partition coefficient (Wildman–Crippen LogP) is 3.00. The highest BCUT2D eigenvalue weighted by Crippen LogP contribution is 2.20. The number of hydrogen-bond acceptors (Lipinski definition) is 5. The number of anilines is 1. The molecule has 27 heavy (non-hydrogen) atoms. The Morgan fingerprint density at radius 3 is 2.78 bits per heavy atom. The van der Waals surface area contributed by atoms with Gasteiger partial charge in [0.1, 0.15) is 5.82 Å². The van der Waals surface area contributed by atoms with Crippen LogP contribution in [0.1, 0.15) is 35.7 Å². The molecule has 1 aliphatic rings. The van der Waals surface area contributed by atoms with Gasteiger partial charge < -0.3 is 14.5 Å². The molecule has 0 aromatic carbocycles. The molecule has 3 rings (SSSR count). The first-order valence-corrected chi connectivity index (χ1v) is 9.59. The number of methoxy groups -OCH3 is 1. The summed E-state index contributed by atoms with van der Waals surface area (Å²) in [4.78, 5) is 25.5. The summed E-state index contributed by atoms with van der Waals surface area (Å²) in [5, 5.41) is 0. The van der Waals surface area contributed by atoms with Gasteiger partial charge >= 0.3 is 0 Å². The SMILES string of the molecule is CCN(Cc1ccncc1)c1ccc(C(=O)N2CCC[C@H](COC)C2)cn1. The van der Waals surface area contributed by atoms with E-state index in [1.807, 2.05) is 29.2 Å². The van der Waals surface area contributed by atoms with Crippen LogP contribution in [0.15, 0.2) is 42.9 Å². The van der Waals surface area contributed by atoms with Crippen LogP contribution in [0.5, 0.6) is 0 Å². The Labute approximate surface area is 161 Å². The minimum atomic E-state index is 0.0621. The minimum Gasteiger partial charge on any atom is -0.384 e. The van der Waals surface area contributed by atoms with E-state index in [4.69, 9.17) is 4.74 Å². The first-order valence-electron chi connectivity index (χ1n) is 9.59. The highest BCUT2D eigenvalue weighted by molar-refractivity contribution is 5.94. The first-order chi connectivity index (χ1) is 13.2. The average Bonchev–Trinajstić information content (AvgIpc) is 2.73. The molecule has 0 unspecified atom stereocenters. The number of hydrogen-bond donors (Lipinski definition) is 0. The third kappa shape index (κ3) is 5.04. The molecule has 6 heteroatoms. The molecule has 1 saturated heterocycles. The largest absolute Gasteiger partial charge is 0.384 e. The number of nitrogens with zero attached hydrogens (tertiary/aromatic N) is 4. The zero-order valence-electron chi connectivity index (χ0n) is 16.2. The summed E-state index contributed by atoms with van der Waals surface area (Å²) in [6, 6.07) is 7.84. The van der Waals surface area contributed by atoms with Crippen molar-refractivity contribution in [1.82, 2.24) is 14.9 Å². The van der Waals surface area contributed by atoms with Crippen molar-refractivity contribution >= 4 is 11.7 Å². The van der Waals surface area contributed by atoms with Crippen LogP contribution in [0.4, 0.5) is 5.82 Å². The van der Waals surface area contributed by atoms with Crippen molar-refractivity contribution in [2.45, 2.75) is 26.3 Å². The van der Waals surface area contributed by atoms with Crippen LogP contribution in [0.2, 0.25) is 0 Å². The van der Waals surface area contributed by atoms with Gasteiger partial charge in [0.15, 0.2) is 0 Å². The second-order valence-electron chi connectivity index (χ2n) is 6.99. The Kier molecular flexibility index (Phi) is 6.76. The highest BCUT2D eigenvalue weighted by atomic mass is 16.5. The van der Waals surface area contributed by atoms with Gasteiger partial charge in [-0.1, -0.05) is 0 Å². The number of carbonyl (C=O) groups excluding carboxylic acids is 1. The molecular formula is C21H28N4O2. The molecule has 0 aliphatic carbocycles. The molecule has 1 amide bonds. The molecule has 2 aromatic rings. The molecule has 144 valence electrons. The fourth-order valence-electron chi connectivity index (χ4n) is 3.57. The predicted molar refractivity (Wildman–Crippen MR) is 106 cm³/mol. The van der Waals surface area contributed by atoms with Gasteiger partial charge in [-0.2, -0.15) is 0 Å². The van der Waals surface area contributed by atoms with E-state index in [0.29, 0.717) is 18.1 Å². The third-order valence-corrected chi connectivity index (χ3v) is 5.03.